The van der Waals surface area contributed by atoms with Gasteiger partial charge in [0.1, 0.15) is 5.75 Å². The number of hydrogen-bond acceptors (Lipinski definition) is 6. The van der Waals surface area contributed by atoms with E-state index in [1.54, 1.807) is 0 Å². The van der Waals surface area contributed by atoms with Gasteiger partial charge in [0.05, 0.1) is 17.4 Å². The van der Waals surface area contributed by atoms with Crippen LogP contribution in [0.1, 0.15) is 5.56 Å². The molecular formula is C13H7F3NO5S-. The smallest absolute Gasteiger partial charge is 0.548 e. The molecule has 6 nitrogen and oxygen atoms in total. The number of carbonyl (C=O) groups excluding carboxylic acids is 3. The van der Waals surface area contributed by atoms with E-state index in [1.165, 1.54) is 18.2 Å². The third-order valence-electron chi connectivity index (χ3n) is 2.57. The van der Waals surface area contributed by atoms with E-state index in [1.807, 2.05) is 0 Å². The molecule has 1 aromatic rings. The molecule has 0 aliphatic carbocycles. The van der Waals surface area contributed by atoms with E-state index in [0.29, 0.717) is 22.2 Å². The van der Waals surface area contributed by atoms with Gasteiger partial charge in [0.2, 0.25) is 0 Å². The number of carboxylic acid groups (broad SMARTS) is 1. The van der Waals surface area contributed by atoms with E-state index >= 15 is 0 Å². The summed E-state index contributed by atoms with van der Waals surface area (Å²) in [5, 5.41) is 9.71. The molecule has 2 amide bonds. The molecule has 1 fully saturated rings. The van der Waals surface area contributed by atoms with Crippen LogP contribution in [0.25, 0.3) is 6.08 Å². The molecule has 1 saturated heterocycles. The number of amides is 2. The predicted octanol–water partition coefficient (Wildman–Crippen LogP) is 1.37. The fraction of sp³-hybridized carbons (Fsp3) is 0.154. The quantitative estimate of drug-likeness (QED) is 0.766. The summed E-state index contributed by atoms with van der Waals surface area (Å²) in [7, 11) is 0. The van der Waals surface area contributed by atoms with E-state index < -0.39 is 35.8 Å². The van der Waals surface area contributed by atoms with E-state index in [-0.39, 0.29) is 4.91 Å². The van der Waals surface area contributed by atoms with Crippen LogP contribution in [0.5, 0.6) is 5.75 Å². The molecule has 1 aliphatic rings. The molecule has 1 aliphatic heterocycles. The molecule has 10 heteroatoms. The molecular weight excluding hydrogens is 339 g/mol. The fourth-order valence-electron chi connectivity index (χ4n) is 1.68. The second kappa shape index (κ2) is 6.32. The highest BCUT2D eigenvalue weighted by molar-refractivity contribution is 8.18. The third-order valence-corrected chi connectivity index (χ3v) is 3.48. The lowest BCUT2D eigenvalue weighted by Crippen LogP contribution is -2.40. The van der Waals surface area contributed by atoms with Crippen LogP contribution in [0.4, 0.5) is 18.0 Å². The van der Waals surface area contributed by atoms with Crippen molar-refractivity contribution in [1.29, 1.82) is 0 Å². The van der Waals surface area contributed by atoms with E-state index in [9.17, 15) is 32.7 Å². The summed E-state index contributed by atoms with van der Waals surface area (Å²) in [5.74, 6) is -2.82. The topological polar surface area (TPSA) is 86.7 Å². The summed E-state index contributed by atoms with van der Waals surface area (Å²) >= 11 is 0.529. The van der Waals surface area contributed by atoms with E-state index in [0.717, 1.165) is 12.1 Å². The Kier molecular flexibility index (Phi) is 4.64. The average molecular weight is 346 g/mol. The minimum absolute atomic E-state index is 0.0410. The maximum absolute atomic E-state index is 12.0. The van der Waals surface area contributed by atoms with Gasteiger partial charge in [-0.1, -0.05) is 12.1 Å². The van der Waals surface area contributed by atoms with Gasteiger partial charge < -0.3 is 14.6 Å². The number of nitrogens with zero attached hydrogens (tertiary/aromatic N) is 1. The van der Waals surface area contributed by atoms with Gasteiger partial charge >= 0.3 is 6.36 Å². The number of alkyl halides is 3. The van der Waals surface area contributed by atoms with Crippen LogP contribution in [0, 0.1) is 0 Å². The Morgan fingerprint density at radius 1 is 1.26 bits per heavy atom. The van der Waals surface area contributed by atoms with Crippen molar-refractivity contribution in [3.63, 3.8) is 0 Å². The SMILES string of the molecule is O=C([O-])CN1C(=O)S/C(=C\c2ccc(OC(F)(F)F)cc2)C1=O. The summed E-state index contributed by atoms with van der Waals surface area (Å²) < 4.78 is 39.8. The summed E-state index contributed by atoms with van der Waals surface area (Å²) in [5.41, 5.74) is 0.346. The normalized spacial score (nSPS) is 17.0. The number of hydrogen-bond donors (Lipinski definition) is 0. The van der Waals surface area contributed by atoms with Crippen LogP contribution < -0.4 is 9.84 Å². The molecule has 0 N–H and O–H groups in total. The van der Waals surface area contributed by atoms with Crippen molar-refractivity contribution in [3.05, 3.63) is 34.7 Å². The lowest BCUT2D eigenvalue weighted by molar-refractivity contribution is -0.305. The van der Waals surface area contributed by atoms with Gasteiger partial charge in [-0.05, 0) is 35.5 Å². The van der Waals surface area contributed by atoms with Crippen LogP contribution in [0.15, 0.2) is 29.2 Å². The zero-order valence-corrected chi connectivity index (χ0v) is 11.9. The van der Waals surface area contributed by atoms with Gasteiger partial charge in [-0.15, -0.1) is 13.2 Å². The molecule has 0 bridgehead atoms. The Morgan fingerprint density at radius 2 is 1.87 bits per heavy atom. The third kappa shape index (κ3) is 4.49. The first-order valence-corrected chi connectivity index (χ1v) is 6.78. The molecule has 0 unspecified atom stereocenters. The van der Waals surface area contributed by atoms with Crippen molar-refractivity contribution >= 4 is 35.0 Å². The van der Waals surface area contributed by atoms with Gasteiger partial charge in [0, 0.05) is 0 Å². The van der Waals surface area contributed by atoms with Gasteiger partial charge in [0.25, 0.3) is 11.1 Å². The summed E-state index contributed by atoms with van der Waals surface area (Å²) in [6.07, 6.45) is -3.55. The summed E-state index contributed by atoms with van der Waals surface area (Å²) in [6, 6.07) is 4.61. The van der Waals surface area contributed by atoms with Crippen molar-refractivity contribution in [1.82, 2.24) is 4.90 Å². The molecule has 0 saturated carbocycles. The zero-order chi connectivity index (χ0) is 17.2. The summed E-state index contributed by atoms with van der Waals surface area (Å²) in [6.45, 7) is -0.861. The Labute approximate surface area is 131 Å². The van der Waals surface area contributed by atoms with Crippen LogP contribution in [0.2, 0.25) is 0 Å². The number of rotatable bonds is 4. The van der Waals surface area contributed by atoms with Gasteiger partial charge in [0.15, 0.2) is 0 Å². The first-order valence-electron chi connectivity index (χ1n) is 5.97. The van der Waals surface area contributed by atoms with Crippen molar-refractivity contribution in [2.24, 2.45) is 0 Å². The van der Waals surface area contributed by atoms with Crippen molar-refractivity contribution < 1.29 is 37.4 Å². The Hall–Kier alpha value is -2.49. The van der Waals surface area contributed by atoms with E-state index in [4.69, 9.17) is 0 Å². The number of imide groups is 1. The number of aliphatic carboxylic acids is 1. The maximum Gasteiger partial charge on any atom is 0.573 e. The Bertz CT molecular complexity index is 684. The number of carboxylic acids is 1. The predicted molar refractivity (Wildman–Crippen MR) is 70.8 cm³/mol. The molecule has 122 valence electrons. The maximum atomic E-state index is 12.0. The van der Waals surface area contributed by atoms with Crippen molar-refractivity contribution in [2.75, 3.05) is 6.54 Å². The summed E-state index contributed by atoms with van der Waals surface area (Å²) in [4.78, 5) is 34.3. The molecule has 0 radical (unpaired) electrons. The Balaban J connectivity index is 2.14. The van der Waals surface area contributed by atoms with Crippen LogP contribution >= 0.6 is 11.8 Å². The molecule has 0 spiro atoms. The average Bonchev–Trinajstić information content (AvgIpc) is 2.67. The zero-order valence-electron chi connectivity index (χ0n) is 11.1. The van der Waals surface area contributed by atoms with Crippen LogP contribution in [-0.2, 0) is 9.59 Å². The standard InChI is InChI=1S/C13H8F3NO5S/c14-13(15,16)22-8-3-1-7(2-4-8)5-9-11(20)17(6-10(18)19)12(21)23-9/h1-5H,6H2,(H,18,19)/p-1/b9-5-. The molecule has 0 aromatic heterocycles. The minimum Gasteiger partial charge on any atom is -0.548 e. The van der Waals surface area contributed by atoms with E-state index in [2.05, 4.69) is 4.74 Å². The first kappa shape index (κ1) is 16.9. The van der Waals surface area contributed by atoms with Crippen molar-refractivity contribution in [3.8, 4) is 5.75 Å². The van der Waals surface area contributed by atoms with Gasteiger partial charge in [-0.25, -0.2) is 0 Å². The van der Waals surface area contributed by atoms with Crippen LogP contribution in [-0.4, -0.2) is 34.9 Å². The number of thioether (sulfide) groups is 1. The minimum atomic E-state index is -4.81. The van der Waals surface area contributed by atoms with Crippen molar-refractivity contribution in [2.45, 2.75) is 6.36 Å². The highest BCUT2D eigenvalue weighted by atomic mass is 32.2. The molecule has 23 heavy (non-hydrogen) atoms. The van der Waals surface area contributed by atoms with Gasteiger partial charge in [-0.3, -0.25) is 14.5 Å². The largest absolute Gasteiger partial charge is 0.573 e. The molecule has 1 aromatic carbocycles. The number of carbonyl (C=O) groups is 3. The lowest BCUT2D eigenvalue weighted by Gasteiger charge is -2.12. The lowest BCUT2D eigenvalue weighted by atomic mass is 10.2. The van der Waals surface area contributed by atoms with Crippen LogP contribution in [0.3, 0.4) is 0 Å². The molecule has 1 heterocycles. The first-order chi connectivity index (χ1) is 10.7. The second-order valence-electron chi connectivity index (χ2n) is 4.26. The number of ether oxygens (including phenoxy) is 1. The molecule has 0 atom stereocenters. The highest BCUT2D eigenvalue weighted by Crippen LogP contribution is 2.32. The highest BCUT2D eigenvalue weighted by Gasteiger charge is 2.35. The molecule has 2 rings (SSSR count). The number of benzene rings is 1. The Morgan fingerprint density at radius 3 is 2.39 bits per heavy atom. The number of halogens is 3. The van der Waals surface area contributed by atoms with Gasteiger partial charge in [-0.2, -0.15) is 0 Å². The second-order valence-corrected chi connectivity index (χ2v) is 5.25. The monoisotopic (exact) mass is 346 g/mol. The fourth-order valence-corrected chi connectivity index (χ4v) is 2.52.